The highest BCUT2D eigenvalue weighted by atomic mass is 35.5. The van der Waals surface area contributed by atoms with Crippen LogP contribution in [0.1, 0.15) is 15.9 Å². The molecule has 0 bridgehead atoms. The van der Waals surface area contributed by atoms with Crippen LogP contribution < -0.4 is 0 Å². The molecule has 82 valence electrons. The molecule has 0 aliphatic rings. The summed E-state index contributed by atoms with van der Waals surface area (Å²) in [6, 6.07) is 1.64. The predicted molar refractivity (Wildman–Crippen MR) is 58.1 cm³/mol. The lowest BCUT2D eigenvalue weighted by molar-refractivity contribution is 0.0695. The molecule has 0 fully saturated rings. The summed E-state index contributed by atoms with van der Waals surface area (Å²) >= 11 is 5.72. The van der Waals surface area contributed by atoms with Gasteiger partial charge in [-0.2, -0.15) is 5.10 Å². The van der Waals surface area contributed by atoms with Crippen molar-refractivity contribution in [3.8, 4) is 5.82 Å². The quantitative estimate of drug-likeness (QED) is 0.867. The largest absolute Gasteiger partial charge is 0.478 e. The average molecular weight is 238 g/mol. The van der Waals surface area contributed by atoms with Gasteiger partial charge in [-0.05, 0) is 18.6 Å². The smallest absolute Gasteiger partial charge is 0.339 e. The molecule has 0 unspecified atom stereocenters. The van der Waals surface area contributed by atoms with Crippen molar-refractivity contribution in [1.29, 1.82) is 0 Å². The monoisotopic (exact) mass is 237 g/mol. The minimum atomic E-state index is -1.03. The van der Waals surface area contributed by atoms with Gasteiger partial charge in [0.1, 0.15) is 5.56 Å². The highest BCUT2D eigenvalue weighted by Gasteiger charge is 2.16. The van der Waals surface area contributed by atoms with Gasteiger partial charge in [0.25, 0.3) is 0 Å². The average Bonchev–Trinajstić information content (AvgIpc) is 2.63. The van der Waals surface area contributed by atoms with Crippen molar-refractivity contribution in [2.24, 2.45) is 0 Å². The number of carboxylic acids is 1. The first-order valence-corrected chi connectivity index (χ1v) is 4.87. The van der Waals surface area contributed by atoms with Gasteiger partial charge >= 0.3 is 5.97 Å². The molecule has 0 radical (unpaired) electrons. The Kier molecular flexibility index (Phi) is 2.62. The van der Waals surface area contributed by atoms with Gasteiger partial charge in [-0.15, -0.1) is 0 Å². The maximum Gasteiger partial charge on any atom is 0.339 e. The van der Waals surface area contributed by atoms with Crippen LogP contribution in [-0.2, 0) is 0 Å². The first-order chi connectivity index (χ1) is 7.59. The molecule has 0 saturated carbocycles. The van der Waals surface area contributed by atoms with E-state index in [1.165, 1.54) is 23.3 Å². The Balaban J connectivity index is 2.65. The van der Waals surface area contributed by atoms with Gasteiger partial charge in [-0.25, -0.2) is 14.5 Å². The summed E-state index contributed by atoms with van der Waals surface area (Å²) in [5.41, 5.74) is 0.756. The molecule has 2 aromatic heterocycles. The number of halogens is 1. The van der Waals surface area contributed by atoms with E-state index in [0.717, 1.165) is 0 Å². The number of hydrogen-bond acceptors (Lipinski definition) is 3. The third-order valence-corrected chi connectivity index (χ3v) is 2.32. The summed E-state index contributed by atoms with van der Waals surface area (Å²) < 4.78 is 1.35. The third kappa shape index (κ3) is 1.77. The van der Waals surface area contributed by atoms with Crippen LogP contribution in [0.4, 0.5) is 0 Å². The molecular weight excluding hydrogens is 230 g/mol. The van der Waals surface area contributed by atoms with Gasteiger partial charge in [0.15, 0.2) is 5.82 Å². The van der Waals surface area contributed by atoms with Gasteiger partial charge in [0, 0.05) is 6.20 Å². The van der Waals surface area contributed by atoms with Gasteiger partial charge in [0.05, 0.1) is 17.4 Å². The summed E-state index contributed by atoms with van der Waals surface area (Å²) in [5, 5.41) is 13.5. The standard InChI is InChI=1S/C10H8ClN3O2/c1-6-2-3-12-9(8(6)10(15)16)14-5-7(11)4-13-14/h2-5H,1H3,(H,15,16). The lowest BCUT2D eigenvalue weighted by Crippen LogP contribution is -2.10. The van der Waals surface area contributed by atoms with E-state index in [9.17, 15) is 4.79 Å². The van der Waals surface area contributed by atoms with Crippen molar-refractivity contribution in [2.75, 3.05) is 0 Å². The summed E-state index contributed by atoms with van der Waals surface area (Å²) in [7, 11) is 0. The fourth-order valence-electron chi connectivity index (χ4n) is 1.40. The molecule has 0 aliphatic carbocycles. The van der Waals surface area contributed by atoms with Crippen LogP contribution in [0, 0.1) is 6.92 Å². The van der Waals surface area contributed by atoms with Crippen LogP contribution in [0.5, 0.6) is 0 Å². The van der Waals surface area contributed by atoms with Crippen LogP contribution in [0.15, 0.2) is 24.7 Å². The molecule has 6 heteroatoms. The van der Waals surface area contributed by atoms with Gasteiger partial charge < -0.3 is 5.11 Å². The number of carbonyl (C=O) groups is 1. The molecule has 0 aliphatic heterocycles. The van der Waals surface area contributed by atoms with Crippen molar-refractivity contribution in [2.45, 2.75) is 6.92 Å². The van der Waals surface area contributed by atoms with Crippen LogP contribution in [0.2, 0.25) is 5.02 Å². The summed E-state index contributed by atoms with van der Waals surface area (Å²) in [4.78, 5) is 15.1. The van der Waals surface area contributed by atoms with E-state index in [1.807, 2.05) is 0 Å². The van der Waals surface area contributed by atoms with E-state index in [4.69, 9.17) is 16.7 Å². The van der Waals surface area contributed by atoms with Crippen molar-refractivity contribution in [1.82, 2.24) is 14.8 Å². The lowest BCUT2D eigenvalue weighted by atomic mass is 10.1. The predicted octanol–water partition coefficient (Wildman–Crippen LogP) is 1.93. The van der Waals surface area contributed by atoms with Crippen LogP contribution in [-0.4, -0.2) is 25.8 Å². The van der Waals surface area contributed by atoms with Crippen LogP contribution >= 0.6 is 11.6 Å². The van der Waals surface area contributed by atoms with E-state index in [-0.39, 0.29) is 11.4 Å². The molecular formula is C10H8ClN3O2. The normalized spacial score (nSPS) is 10.4. The number of pyridine rings is 1. The van der Waals surface area contributed by atoms with Crippen molar-refractivity contribution >= 4 is 17.6 Å². The first-order valence-electron chi connectivity index (χ1n) is 4.49. The molecule has 16 heavy (non-hydrogen) atoms. The minimum Gasteiger partial charge on any atom is -0.478 e. The van der Waals surface area contributed by atoms with Gasteiger partial charge in [-0.1, -0.05) is 11.6 Å². The van der Waals surface area contributed by atoms with E-state index in [2.05, 4.69) is 10.1 Å². The molecule has 2 rings (SSSR count). The molecule has 1 N–H and O–H groups in total. The molecule has 2 aromatic rings. The lowest BCUT2D eigenvalue weighted by Gasteiger charge is -2.06. The molecule has 0 amide bonds. The Morgan fingerprint density at radius 1 is 1.56 bits per heavy atom. The second kappa shape index (κ2) is 3.94. The van der Waals surface area contributed by atoms with E-state index in [0.29, 0.717) is 10.6 Å². The minimum absolute atomic E-state index is 0.127. The Labute approximate surface area is 96.3 Å². The second-order valence-corrected chi connectivity index (χ2v) is 3.67. The van der Waals surface area contributed by atoms with Crippen LogP contribution in [0.3, 0.4) is 0 Å². The topological polar surface area (TPSA) is 68.0 Å². The number of carboxylic acid groups (broad SMARTS) is 1. The SMILES string of the molecule is Cc1ccnc(-n2cc(Cl)cn2)c1C(=O)O. The summed E-state index contributed by atoms with van der Waals surface area (Å²) in [5.74, 6) is -0.772. The second-order valence-electron chi connectivity index (χ2n) is 3.23. The molecule has 0 saturated heterocycles. The van der Waals surface area contributed by atoms with E-state index >= 15 is 0 Å². The van der Waals surface area contributed by atoms with Crippen molar-refractivity contribution in [3.63, 3.8) is 0 Å². The van der Waals surface area contributed by atoms with E-state index in [1.54, 1.807) is 13.0 Å². The van der Waals surface area contributed by atoms with Crippen LogP contribution in [0.25, 0.3) is 5.82 Å². The first kappa shape index (κ1) is 10.6. The van der Waals surface area contributed by atoms with Gasteiger partial charge in [-0.3, -0.25) is 0 Å². The fourth-order valence-corrected chi connectivity index (χ4v) is 1.53. The van der Waals surface area contributed by atoms with Gasteiger partial charge in [0.2, 0.25) is 0 Å². The zero-order valence-corrected chi connectivity index (χ0v) is 9.14. The van der Waals surface area contributed by atoms with Crippen molar-refractivity contribution in [3.05, 3.63) is 40.8 Å². The maximum atomic E-state index is 11.1. The highest BCUT2D eigenvalue weighted by Crippen LogP contribution is 2.17. The Bertz CT molecular complexity index is 551. The molecule has 0 aromatic carbocycles. The zero-order chi connectivity index (χ0) is 11.7. The fraction of sp³-hybridized carbons (Fsp3) is 0.100. The number of aryl methyl sites for hydroxylation is 1. The van der Waals surface area contributed by atoms with Crippen molar-refractivity contribution < 1.29 is 9.90 Å². The Morgan fingerprint density at radius 3 is 2.88 bits per heavy atom. The molecule has 0 atom stereocenters. The molecule has 0 spiro atoms. The number of rotatable bonds is 2. The Morgan fingerprint density at radius 2 is 2.31 bits per heavy atom. The third-order valence-electron chi connectivity index (χ3n) is 2.12. The zero-order valence-electron chi connectivity index (χ0n) is 8.38. The number of aromatic carboxylic acids is 1. The summed E-state index contributed by atoms with van der Waals surface area (Å²) in [6.07, 6.45) is 4.47. The highest BCUT2D eigenvalue weighted by molar-refractivity contribution is 6.30. The maximum absolute atomic E-state index is 11.1. The number of nitrogens with zero attached hydrogens (tertiary/aromatic N) is 3. The Hall–Kier alpha value is -1.88. The molecule has 5 nitrogen and oxygen atoms in total. The van der Waals surface area contributed by atoms with E-state index < -0.39 is 5.97 Å². The number of aromatic nitrogens is 3. The number of hydrogen-bond donors (Lipinski definition) is 1. The molecule has 2 heterocycles. The summed E-state index contributed by atoms with van der Waals surface area (Å²) in [6.45, 7) is 1.71.